The summed E-state index contributed by atoms with van der Waals surface area (Å²) in [5.74, 6) is 0. The van der Waals surface area contributed by atoms with Gasteiger partial charge in [0, 0.05) is 17.4 Å². The van der Waals surface area contributed by atoms with Gasteiger partial charge >= 0.3 is 0 Å². The Morgan fingerprint density at radius 2 is 1.80 bits per heavy atom. The first-order valence-corrected chi connectivity index (χ1v) is 6.92. The number of fused-ring (bicyclic) bond motifs is 1. The fourth-order valence-electron chi connectivity index (χ4n) is 2.33. The molecule has 0 bridgehead atoms. The number of halogens is 2. The zero-order valence-corrected chi connectivity index (χ0v) is 12.0. The predicted octanol–water partition coefficient (Wildman–Crippen LogP) is 4.81. The third-order valence-corrected chi connectivity index (χ3v) is 4.03. The van der Waals surface area contributed by atoms with Gasteiger partial charge in [-0.3, -0.25) is 4.79 Å². The van der Waals surface area contributed by atoms with E-state index in [2.05, 4.69) is 0 Å². The van der Waals surface area contributed by atoms with Gasteiger partial charge in [-0.05, 0) is 29.8 Å². The average Bonchev–Trinajstić information content (AvgIpc) is 2.81. The number of hydrogen-bond donors (Lipinski definition) is 0. The van der Waals surface area contributed by atoms with Gasteiger partial charge in [0.15, 0.2) is 6.29 Å². The van der Waals surface area contributed by atoms with Crippen LogP contribution in [0.15, 0.2) is 48.5 Å². The number of carbonyl (C=O) groups excluding carboxylic acids is 1. The molecule has 20 heavy (non-hydrogen) atoms. The van der Waals surface area contributed by atoms with E-state index in [0.717, 1.165) is 22.8 Å². The molecular formula is C16H11Cl2NO. The molecular weight excluding hydrogens is 293 g/mol. The highest BCUT2D eigenvalue weighted by Crippen LogP contribution is 2.25. The lowest BCUT2D eigenvalue weighted by Crippen LogP contribution is -2.03. The van der Waals surface area contributed by atoms with E-state index in [-0.39, 0.29) is 0 Å². The summed E-state index contributed by atoms with van der Waals surface area (Å²) in [7, 11) is 0. The van der Waals surface area contributed by atoms with Crippen molar-refractivity contribution in [3.05, 3.63) is 69.8 Å². The second kappa shape index (κ2) is 5.31. The van der Waals surface area contributed by atoms with Gasteiger partial charge in [-0.25, -0.2) is 0 Å². The van der Waals surface area contributed by atoms with Crippen LogP contribution in [0, 0.1) is 0 Å². The van der Waals surface area contributed by atoms with Crippen molar-refractivity contribution in [1.82, 2.24) is 4.57 Å². The number of aldehydes is 1. The second-order valence-corrected chi connectivity index (χ2v) is 5.39. The fraction of sp³-hybridized carbons (Fsp3) is 0.0625. The van der Waals surface area contributed by atoms with Gasteiger partial charge in [0.2, 0.25) is 0 Å². The van der Waals surface area contributed by atoms with Crippen molar-refractivity contribution in [2.75, 3.05) is 0 Å². The minimum Gasteiger partial charge on any atom is -0.334 e. The highest BCUT2D eigenvalue weighted by Gasteiger charge is 2.09. The third kappa shape index (κ3) is 2.33. The molecule has 0 fully saturated rings. The Labute approximate surface area is 126 Å². The van der Waals surface area contributed by atoms with Gasteiger partial charge in [-0.1, -0.05) is 47.5 Å². The van der Waals surface area contributed by atoms with E-state index in [4.69, 9.17) is 23.2 Å². The van der Waals surface area contributed by atoms with E-state index in [1.165, 1.54) is 0 Å². The van der Waals surface area contributed by atoms with Crippen LogP contribution in [0.1, 0.15) is 16.1 Å². The summed E-state index contributed by atoms with van der Waals surface area (Å²) >= 11 is 12.0. The fourth-order valence-corrected chi connectivity index (χ4v) is 2.65. The van der Waals surface area contributed by atoms with Crippen molar-refractivity contribution in [2.45, 2.75) is 6.54 Å². The molecule has 3 rings (SSSR count). The largest absolute Gasteiger partial charge is 0.334 e. The number of rotatable bonds is 3. The third-order valence-electron chi connectivity index (χ3n) is 3.29. The van der Waals surface area contributed by atoms with E-state index in [1.807, 2.05) is 47.0 Å². The molecule has 0 N–H and O–H groups in total. The summed E-state index contributed by atoms with van der Waals surface area (Å²) in [4.78, 5) is 11.2. The maximum Gasteiger partial charge on any atom is 0.166 e. The average molecular weight is 304 g/mol. The lowest BCUT2D eigenvalue weighted by Gasteiger charge is -2.09. The Morgan fingerprint density at radius 1 is 1.00 bits per heavy atom. The van der Waals surface area contributed by atoms with E-state index >= 15 is 0 Å². The van der Waals surface area contributed by atoms with Crippen LogP contribution in [-0.4, -0.2) is 10.9 Å². The number of aromatic nitrogens is 1. The molecule has 0 unspecified atom stereocenters. The van der Waals surface area contributed by atoms with E-state index in [1.54, 1.807) is 6.07 Å². The van der Waals surface area contributed by atoms with Crippen molar-refractivity contribution in [1.29, 1.82) is 0 Å². The summed E-state index contributed by atoms with van der Waals surface area (Å²) in [6.07, 6.45) is 0.873. The van der Waals surface area contributed by atoms with E-state index in [0.29, 0.717) is 22.3 Å². The van der Waals surface area contributed by atoms with Crippen molar-refractivity contribution in [3.63, 3.8) is 0 Å². The van der Waals surface area contributed by atoms with Crippen LogP contribution in [0.2, 0.25) is 10.0 Å². The molecule has 1 aromatic heterocycles. The van der Waals surface area contributed by atoms with Crippen LogP contribution in [0.25, 0.3) is 10.9 Å². The molecule has 100 valence electrons. The smallest absolute Gasteiger partial charge is 0.166 e. The summed E-state index contributed by atoms with van der Waals surface area (Å²) in [6.45, 7) is 0.582. The second-order valence-electron chi connectivity index (χ2n) is 4.58. The van der Waals surface area contributed by atoms with Gasteiger partial charge in [-0.2, -0.15) is 0 Å². The van der Waals surface area contributed by atoms with Gasteiger partial charge < -0.3 is 4.57 Å². The zero-order chi connectivity index (χ0) is 14.1. The lowest BCUT2D eigenvalue weighted by atomic mass is 10.2. The number of benzene rings is 2. The van der Waals surface area contributed by atoms with Crippen LogP contribution in [0.4, 0.5) is 0 Å². The SMILES string of the molecule is O=Cc1cc2ccccc2n1Cc1ccc(Cl)c(Cl)c1. The van der Waals surface area contributed by atoms with Crippen LogP contribution < -0.4 is 0 Å². The van der Waals surface area contributed by atoms with Crippen LogP contribution >= 0.6 is 23.2 Å². The van der Waals surface area contributed by atoms with E-state index < -0.39 is 0 Å². The molecule has 0 saturated heterocycles. The molecule has 3 aromatic rings. The van der Waals surface area contributed by atoms with Gasteiger partial charge in [-0.15, -0.1) is 0 Å². The number of hydrogen-bond acceptors (Lipinski definition) is 1. The number of para-hydroxylation sites is 1. The van der Waals surface area contributed by atoms with Crippen LogP contribution in [-0.2, 0) is 6.54 Å². The molecule has 2 nitrogen and oxygen atoms in total. The summed E-state index contributed by atoms with van der Waals surface area (Å²) in [5.41, 5.74) is 2.68. The van der Waals surface area contributed by atoms with Crippen molar-refractivity contribution < 1.29 is 4.79 Å². The molecule has 0 atom stereocenters. The number of carbonyl (C=O) groups is 1. The normalized spacial score (nSPS) is 10.9. The Morgan fingerprint density at radius 3 is 2.55 bits per heavy atom. The molecule has 0 aliphatic carbocycles. The zero-order valence-electron chi connectivity index (χ0n) is 10.5. The molecule has 0 saturated carbocycles. The molecule has 2 aromatic carbocycles. The van der Waals surface area contributed by atoms with Crippen molar-refractivity contribution >= 4 is 40.4 Å². The summed E-state index contributed by atoms with van der Waals surface area (Å²) in [5, 5.41) is 2.10. The molecule has 0 aliphatic rings. The molecule has 0 spiro atoms. The Hall–Kier alpha value is -1.77. The van der Waals surface area contributed by atoms with Crippen LogP contribution in [0.3, 0.4) is 0 Å². The first-order chi connectivity index (χ1) is 9.69. The summed E-state index contributed by atoms with van der Waals surface area (Å²) in [6, 6.07) is 15.3. The first-order valence-electron chi connectivity index (χ1n) is 6.16. The van der Waals surface area contributed by atoms with Gasteiger partial charge in [0.05, 0.1) is 15.7 Å². The van der Waals surface area contributed by atoms with E-state index in [9.17, 15) is 4.79 Å². The highest BCUT2D eigenvalue weighted by atomic mass is 35.5. The number of nitrogens with zero attached hydrogens (tertiary/aromatic N) is 1. The molecule has 4 heteroatoms. The predicted molar refractivity (Wildman–Crippen MR) is 82.9 cm³/mol. The Bertz CT molecular complexity index is 792. The van der Waals surface area contributed by atoms with Crippen LogP contribution in [0.5, 0.6) is 0 Å². The topological polar surface area (TPSA) is 22.0 Å². The van der Waals surface area contributed by atoms with Gasteiger partial charge in [0.1, 0.15) is 0 Å². The first kappa shape index (κ1) is 13.2. The van der Waals surface area contributed by atoms with Crippen molar-refractivity contribution in [3.8, 4) is 0 Å². The standard InChI is InChI=1S/C16H11Cl2NO/c17-14-6-5-11(7-15(14)18)9-19-13(10-20)8-12-3-1-2-4-16(12)19/h1-8,10H,9H2. The molecule has 0 aliphatic heterocycles. The minimum atomic E-state index is 0.522. The molecule has 1 heterocycles. The Kier molecular flexibility index (Phi) is 3.51. The minimum absolute atomic E-state index is 0.522. The lowest BCUT2D eigenvalue weighted by molar-refractivity contribution is 0.111. The monoisotopic (exact) mass is 303 g/mol. The van der Waals surface area contributed by atoms with Gasteiger partial charge in [0.25, 0.3) is 0 Å². The highest BCUT2D eigenvalue weighted by molar-refractivity contribution is 6.42. The summed E-state index contributed by atoms with van der Waals surface area (Å²) < 4.78 is 1.97. The van der Waals surface area contributed by atoms with Crippen molar-refractivity contribution in [2.24, 2.45) is 0 Å². The molecule has 0 amide bonds. The quantitative estimate of drug-likeness (QED) is 0.636. The maximum absolute atomic E-state index is 11.2. The maximum atomic E-state index is 11.2. The molecule has 0 radical (unpaired) electrons. The Balaban J connectivity index is 2.09.